The summed E-state index contributed by atoms with van der Waals surface area (Å²) in [5.74, 6) is 1.37. The van der Waals surface area contributed by atoms with Gasteiger partial charge in [0.2, 0.25) is 0 Å². The van der Waals surface area contributed by atoms with Gasteiger partial charge in [-0.2, -0.15) is 0 Å². The zero-order valence-electron chi connectivity index (χ0n) is 10.0. The summed E-state index contributed by atoms with van der Waals surface area (Å²) < 4.78 is 18.1. The van der Waals surface area contributed by atoms with Gasteiger partial charge in [0, 0.05) is 12.4 Å². The second-order valence-corrected chi connectivity index (χ2v) is 3.87. The number of ether oxygens (including phenoxy) is 1. The Labute approximate surface area is 105 Å². The third kappa shape index (κ3) is 4.18. The van der Waals surface area contributed by atoms with Crippen molar-refractivity contribution in [2.24, 2.45) is 0 Å². The Morgan fingerprint density at radius 1 is 1.28 bits per heavy atom. The molecule has 0 amide bonds. The van der Waals surface area contributed by atoms with Crippen molar-refractivity contribution in [1.29, 1.82) is 0 Å². The minimum absolute atomic E-state index is 0.248. The lowest BCUT2D eigenvalue weighted by molar-refractivity contribution is 0.307. The van der Waals surface area contributed by atoms with Crippen molar-refractivity contribution in [3.05, 3.63) is 48.3 Å². The van der Waals surface area contributed by atoms with Gasteiger partial charge >= 0.3 is 0 Å². The molecule has 0 aliphatic rings. The van der Waals surface area contributed by atoms with Gasteiger partial charge in [-0.05, 0) is 37.2 Å². The SMILES string of the molecule is Fc1ccc(OCCCNCc2ncc[nH]2)cc1. The molecule has 0 radical (unpaired) electrons. The van der Waals surface area contributed by atoms with Crippen LogP contribution in [0.1, 0.15) is 12.2 Å². The fraction of sp³-hybridized carbons (Fsp3) is 0.308. The van der Waals surface area contributed by atoms with E-state index in [1.807, 2.05) is 0 Å². The van der Waals surface area contributed by atoms with Gasteiger partial charge in [0.25, 0.3) is 0 Å². The standard InChI is InChI=1S/C13H16FN3O/c14-11-2-4-12(5-3-11)18-9-1-6-15-10-13-16-7-8-17-13/h2-5,7-8,15H,1,6,9-10H2,(H,16,17). The van der Waals surface area contributed by atoms with Crippen molar-refractivity contribution in [3.63, 3.8) is 0 Å². The molecule has 0 unspecified atom stereocenters. The first-order chi connectivity index (χ1) is 8.84. The van der Waals surface area contributed by atoms with Crippen LogP contribution in [0.5, 0.6) is 5.75 Å². The zero-order chi connectivity index (χ0) is 12.6. The van der Waals surface area contributed by atoms with Crippen LogP contribution >= 0.6 is 0 Å². The number of aromatic nitrogens is 2. The van der Waals surface area contributed by atoms with Crippen LogP contribution in [0.2, 0.25) is 0 Å². The van der Waals surface area contributed by atoms with Gasteiger partial charge in [-0.15, -0.1) is 0 Å². The number of benzene rings is 1. The van der Waals surface area contributed by atoms with Gasteiger partial charge in [0.1, 0.15) is 17.4 Å². The topological polar surface area (TPSA) is 49.9 Å². The van der Waals surface area contributed by atoms with E-state index in [-0.39, 0.29) is 5.82 Å². The molecule has 2 aromatic rings. The van der Waals surface area contributed by atoms with Crippen LogP contribution in [0.4, 0.5) is 4.39 Å². The normalized spacial score (nSPS) is 10.5. The lowest BCUT2D eigenvalue weighted by Gasteiger charge is -2.06. The van der Waals surface area contributed by atoms with Gasteiger partial charge in [-0.3, -0.25) is 0 Å². The molecule has 0 aliphatic heterocycles. The summed E-state index contributed by atoms with van der Waals surface area (Å²) >= 11 is 0. The molecule has 4 nitrogen and oxygen atoms in total. The maximum Gasteiger partial charge on any atom is 0.123 e. The minimum Gasteiger partial charge on any atom is -0.494 e. The molecule has 2 N–H and O–H groups in total. The molecule has 0 bridgehead atoms. The Kier molecular flexibility index (Phi) is 4.72. The van der Waals surface area contributed by atoms with Gasteiger partial charge in [-0.25, -0.2) is 9.37 Å². The van der Waals surface area contributed by atoms with Crippen molar-refractivity contribution in [1.82, 2.24) is 15.3 Å². The van der Waals surface area contributed by atoms with Crippen LogP contribution < -0.4 is 10.1 Å². The van der Waals surface area contributed by atoms with E-state index in [4.69, 9.17) is 4.74 Å². The number of nitrogens with zero attached hydrogens (tertiary/aromatic N) is 1. The molecule has 1 aromatic carbocycles. The van der Waals surface area contributed by atoms with Gasteiger partial charge in [0.15, 0.2) is 0 Å². The average molecular weight is 249 g/mol. The number of H-pyrrole nitrogens is 1. The van der Waals surface area contributed by atoms with Crippen molar-refractivity contribution < 1.29 is 9.13 Å². The van der Waals surface area contributed by atoms with Crippen molar-refractivity contribution >= 4 is 0 Å². The summed E-state index contributed by atoms with van der Waals surface area (Å²) in [7, 11) is 0. The lowest BCUT2D eigenvalue weighted by Crippen LogP contribution is -2.17. The van der Waals surface area contributed by atoms with Crippen LogP contribution in [-0.4, -0.2) is 23.1 Å². The molecule has 18 heavy (non-hydrogen) atoms. The molecule has 0 atom stereocenters. The van der Waals surface area contributed by atoms with E-state index >= 15 is 0 Å². The van der Waals surface area contributed by atoms with E-state index in [0.717, 1.165) is 25.3 Å². The summed E-state index contributed by atoms with van der Waals surface area (Å²) in [5, 5.41) is 3.25. The second-order valence-electron chi connectivity index (χ2n) is 3.87. The van der Waals surface area contributed by atoms with E-state index in [9.17, 15) is 4.39 Å². The number of nitrogens with one attached hydrogen (secondary N) is 2. The van der Waals surface area contributed by atoms with E-state index < -0.39 is 0 Å². The highest BCUT2D eigenvalue weighted by atomic mass is 19.1. The first-order valence-electron chi connectivity index (χ1n) is 5.92. The zero-order valence-corrected chi connectivity index (χ0v) is 10.0. The van der Waals surface area contributed by atoms with Crippen molar-refractivity contribution in [2.45, 2.75) is 13.0 Å². The number of imidazole rings is 1. The smallest absolute Gasteiger partial charge is 0.123 e. The number of halogens is 1. The maximum absolute atomic E-state index is 12.6. The molecule has 5 heteroatoms. The van der Waals surface area contributed by atoms with Gasteiger partial charge in [0.05, 0.1) is 13.2 Å². The third-order valence-electron chi connectivity index (χ3n) is 2.43. The van der Waals surface area contributed by atoms with Crippen LogP contribution in [0, 0.1) is 5.82 Å². The Hall–Kier alpha value is -1.88. The second kappa shape index (κ2) is 6.76. The molecule has 96 valence electrons. The van der Waals surface area contributed by atoms with Crippen LogP contribution in [-0.2, 0) is 6.54 Å². The van der Waals surface area contributed by atoms with Crippen LogP contribution in [0.15, 0.2) is 36.7 Å². The third-order valence-corrected chi connectivity index (χ3v) is 2.43. The number of rotatable bonds is 7. The Balaban J connectivity index is 1.55. The molecule has 2 rings (SSSR count). The summed E-state index contributed by atoms with van der Waals surface area (Å²) in [6, 6.07) is 6.05. The predicted molar refractivity (Wildman–Crippen MR) is 66.8 cm³/mol. The van der Waals surface area contributed by atoms with Crippen LogP contribution in [0.3, 0.4) is 0 Å². The average Bonchev–Trinajstić information content (AvgIpc) is 2.89. The molecular formula is C13H16FN3O. The quantitative estimate of drug-likeness (QED) is 0.739. The van der Waals surface area contributed by atoms with E-state index in [0.29, 0.717) is 12.4 Å². The van der Waals surface area contributed by atoms with E-state index in [1.165, 1.54) is 12.1 Å². The predicted octanol–water partition coefficient (Wildman–Crippen LogP) is 2.11. The summed E-state index contributed by atoms with van der Waals surface area (Å²) in [6.45, 7) is 2.18. The van der Waals surface area contributed by atoms with Crippen molar-refractivity contribution in [3.8, 4) is 5.75 Å². The summed E-state index contributed by atoms with van der Waals surface area (Å²) in [6.07, 6.45) is 4.42. The monoisotopic (exact) mass is 249 g/mol. The van der Waals surface area contributed by atoms with E-state index in [2.05, 4.69) is 15.3 Å². The highest BCUT2D eigenvalue weighted by Gasteiger charge is 1.96. The molecule has 0 saturated heterocycles. The lowest BCUT2D eigenvalue weighted by atomic mass is 10.3. The highest BCUT2D eigenvalue weighted by molar-refractivity contribution is 5.21. The fourth-order valence-electron chi connectivity index (χ4n) is 1.52. The minimum atomic E-state index is -0.248. The molecule has 0 fully saturated rings. The number of hydrogen-bond donors (Lipinski definition) is 2. The molecule has 0 aliphatic carbocycles. The molecule has 0 saturated carbocycles. The van der Waals surface area contributed by atoms with Gasteiger partial charge < -0.3 is 15.0 Å². The largest absolute Gasteiger partial charge is 0.494 e. The first-order valence-corrected chi connectivity index (χ1v) is 5.92. The number of hydrogen-bond acceptors (Lipinski definition) is 3. The molecule has 1 aromatic heterocycles. The Bertz CT molecular complexity index is 442. The first kappa shape index (κ1) is 12.6. The fourth-order valence-corrected chi connectivity index (χ4v) is 1.52. The highest BCUT2D eigenvalue weighted by Crippen LogP contribution is 2.10. The number of aromatic amines is 1. The van der Waals surface area contributed by atoms with Crippen molar-refractivity contribution in [2.75, 3.05) is 13.2 Å². The Morgan fingerprint density at radius 3 is 2.83 bits per heavy atom. The van der Waals surface area contributed by atoms with Crippen LogP contribution in [0.25, 0.3) is 0 Å². The summed E-state index contributed by atoms with van der Waals surface area (Å²) in [4.78, 5) is 7.12. The van der Waals surface area contributed by atoms with E-state index in [1.54, 1.807) is 24.5 Å². The molecule has 1 heterocycles. The summed E-state index contributed by atoms with van der Waals surface area (Å²) in [5.41, 5.74) is 0. The molecule has 0 spiro atoms. The van der Waals surface area contributed by atoms with Gasteiger partial charge in [-0.1, -0.05) is 0 Å². The maximum atomic E-state index is 12.6. The molecular weight excluding hydrogens is 233 g/mol. The Morgan fingerprint density at radius 2 is 2.11 bits per heavy atom.